The lowest BCUT2D eigenvalue weighted by Crippen LogP contribution is -2.32. The summed E-state index contributed by atoms with van der Waals surface area (Å²) in [4.78, 5) is 11.8. The van der Waals surface area contributed by atoms with Crippen LogP contribution in [0.4, 0.5) is 0 Å². The molecule has 2 heteroatoms. The van der Waals surface area contributed by atoms with Crippen LogP contribution in [-0.4, -0.2) is 11.9 Å². The molecule has 0 saturated carbocycles. The average molecular weight is 312 g/mol. The van der Waals surface area contributed by atoms with Gasteiger partial charge in [-0.2, -0.15) is 0 Å². The molecule has 0 aliphatic heterocycles. The molecule has 1 unspecified atom stereocenters. The van der Waals surface area contributed by atoms with Crippen molar-refractivity contribution in [3.8, 4) is 0 Å². The van der Waals surface area contributed by atoms with Crippen molar-refractivity contribution in [2.45, 2.75) is 123 Å². The van der Waals surface area contributed by atoms with Gasteiger partial charge in [0, 0.05) is 12.5 Å². The van der Waals surface area contributed by atoms with Crippen molar-refractivity contribution in [2.75, 3.05) is 0 Å². The number of rotatable bonds is 16. The maximum absolute atomic E-state index is 11.8. The number of hydrogen-bond acceptors (Lipinski definition) is 1. The van der Waals surface area contributed by atoms with Crippen LogP contribution in [-0.2, 0) is 4.79 Å². The van der Waals surface area contributed by atoms with Gasteiger partial charge in [-0.25, -0.2) is 0 Å². The molecule has 0 radical (unpaired) electrons. The molecule has 0 saturated heterocycles. The molecular formula is C20H41NO. The van der Waals surface area contributed by atoms with E-state index in [1.54, 1.807) is 0 Å². The zero-order valence-corrected chi connectivity index (χ0v) is 15.6. The topological polar surface area (TPSA) is 29.1 Å². The van der Waals surface area contributed by atoms with Crippen molar-refractivity contribution in [3.05, 3.63) is 0 Å². The molecule has 0 aromatic heterocycles. The first-order chi connectivity index (χ1) is 10.7. The maximum atomic E-state index is 11.8. The van der Waals surface area contributed by atoms with Crippen LogP contribution < -0.4 is 5.32 Å². The van der Waals surface area contributed by atoms with Gasteiger partial charge in [0.25, 0.3) is 0 Å². The fourth-order valence-corrected chi connectivity index (χ4v) is 2.89. The van der Waals surface area contributed by atoms with Gasteiger partial charge >= 0.3 is 0 Å². The van der Waals surface area contributed by atoms with Gasteiger partial charge in [0.1, 0.15) is 0 Å². The maximum Gasteiger partial charge on any atom is 0.220 e. The molecule has 0 aromatic rings. The molecular weight excluding hydrogens is 270 g/mol. The van der Waals surface area contributed by atoms with Gasteiger partial charge in [-0.1, -0.05) is 90.9 Å². The van der Waals surface area contributed by atoms with E-state index in [1.807, 2.05) is 0 Å². The smallest absolute Gasteiger partial charge is 0.220 e. The fraction of sp³-hybridized carbons (Fsp3) is 0.950. The van der Waals surface area contributed by atoms with Crippen molar-refractivity contribution in [1.29, 1.82) is 0 Å². The highest BCUT2D eigenvalue weighted by Crippen LogP contribution is 2.11. The van der Waals surface area contributed by atoms with Crippen LogP contribution in [0.2, 0.25) is 0 Å². The van der Waals surface area contributed by atoms with Crippen LogP contribution in [0.3, 0.4) is 0 Å². The van der Waals surface area contributed by atoms with E-state index >= 15 is 0 Å². The second kappa shape index (κ2) is 16.8. The zero-order valence-electron chi connectivity index (χ0n) is 15.6. The molecule has 1 atom stereocenters. The van der Waals surface area contributed by atoms with Gasteiger partial charge in [0.15, 0.2) is 0 Å². The lowest BCUT2D eigenvalue weighted by molar-refractivity contribution is -0.121. The Morgan fingerprint density at radius 3 is 1.73 bits per heavy atom. The van der Waals surface area contributed by atoms with Crippen LogP contribution in [0.1, 0.15) is 117 Å². The van der Waals surface area contributed by atoms with Gasteiger partial charge in [0.2, 0.25) is 5.91 Å². The van der Waals surface area contributed by atoms with Crippen LogP contribution in [0.15, 0.2) is 0 Å². The second-order valence-corrected chi connectivity index (χ2v) is 6.90. The van der Waals surface area contributed by atoms with E-state index in [1.165, 1.54) is 77.0 Å². The van der Waals surface area contributed by atoms with Crippen molar-refractivity contribution in [3.63, 3.8) is 0 Å². The molecule has 0 rings (SSSR count). The molecule has 0 aliphatic carbocycles. The number of amides is 1. The second-order valence-electron chi connectivity index (χ2n) is 6.90. The third-order valence-corrected chi connectivity index (χ3v) is 4.41. The van der Waals surface area contributed by atoms with E-state index in [2.05, 4.69) is 26.1 Å². The Balaban J connectivity index is 3.31. The highest BCUT2D eigenvalue weighted by atomic mass is 16.1. The Bertz CT molecular complexity index is 240. The standard InChI is InChI=1S/C20H41NO/c1-4-6-8-10-11-12-13-14-16-18-20(22)21-19(3)17-15-9-7-5-2/h19H,4-18H2,1-3H3,(H,21,22). The van der Waals surface area contributed by atoms with Crippen molar-refractivity contribution in [1.82, 2.24) is 5.32 Å². The van der Waals surface area contributed by atoms with E-state index in [4.69, 9.17) is 0 Å². The fourth-order valence-electron chi connectivity index (χ4n) is 2.89. The summed E-state index contributed by atoms with van der Waals surface area (Å²) in [6.07, 6.45) is 18.8. The number of hydrogen-bond donors (Lipinski definition) is 1. The highest BCUT2D eigenvalue weighted by molar-refractivity contribution is 5.76. The minimum atomic E-state index is 0.255. The van der Waals surface area contributed by atoms with Crippen LogP contribution in [0, 0.1) is 0 Å². The predicted octanol–water partition coefficient (Wildman–Crippen LogP) is 6.38. The largest absolute Gasteiger partial charge is 0.354 e. The van der Waals surface area contributed by atoms with E-state index in [0.717, 1.165) is 19.3 Å². The normalized spacial score (nSPS) is 12.3. The molecule has 0 aromatic carbocycles. The summed E-state index contributed by atoms with van der Waals surface area (Å²) in [5.41, 5.74) is 0. The predicted molar refractivity (Wildman–Crippen MR) is 98.2 cm³/mol. The first kappa shape index (κ1) is 21.5. The monoisotopic (exact) mass is 311 g/mol. The van der Waals surface area contributed by atoms with Crippen LogP contribution in [0.25, 0.3) is 0 Å². The van der Waals surface area contributed by atoms with Crippen molar-refractivity contribution >= 4 is 5.91 Å². The molecule has 0 aliphatic rings. The van der Waals surface area contributed by atoms with E-state index in [0.29, 0.717) is 6.04 Å². The summed E-state index contributed by atoms with van der Waals surface area (Å²) in [6, 6.07) is 0.350. The van der Waals surface area contributed by atoms with Crippen LogP contribution >= 0.6 is 0 Å². The van der Waals surface area contributed by atoms with Gasteiger partial charge < -0.3 is 5.32 Å². The highest BCUT2D eigenvalue weighted by Gasteiger charge is 2.06. The van der Waals surface area contributed by atoms with Gasteiger partial charge in [-0.05, 0) is 19.8 Å². The third-order valence-electron chi connectivity index (χ3n) is 4.41. The summed E-state index contributed by atoms with van der Waals surface area (Å²) in [5, 5.41) is 3.14. The first-order valence-electron chi connectivity index (χ1n) is 10.00. The number of carbonyl (C=O) groups excluding carboxylic acids is 1. The molecule has 1 amide bonds. The molecule has 2 nitrogen and oxygen atoms in total. The van der Waals surface area contributed by atoms with E-state index < -0.39 is 0 Å². The number of unbranched alkanes of at least 4 members (excludes halogenated alkanes) is 11. The Morgan fingerprint density at radius 1 is 0.727 bits per heavy atom. The summed E-state index contributed by atoms with van der Waals surface area (Å²) in [7, 11) is 0. The lowest BCUT2D eigenvalue weighted by Gasteiger charge is -2.13. The lowest BCUT2D eigenvalue weighted by atomic mass is 10.1. The quantitative estimate of drug-likeness (QED) is 0.329. The Morgan fingerprint density at radius 2 is 1.18 bits per heavy atom. The minimum Gasteiger partial charge on any atom is -0.354 e. The Labute approximate surface area is 139 Å². The third kappa shape index (κ3) is 15.9. The first-order valence-corrected chi connectivity index (χ1v) is 10.00. The molecule has 0 heterocycles. The average Bonchev–Trinajstić information content (AvgIpc) is 2.50. The summed E-state index contributed by atoms with van der Waals surface area (Å²) in [5.74, 6) is 0.255. The van der Waals surface area contributed by atoms with Gasteiger partial charge in [-0.3, -0.25) is 4.79 Å². The summed E-state index contributed by atoms with van der Waals surface area (Å²) < 4.78 is 0. The zero-order chi connectivity index (χ0) is 16.5. The Kier molecular flexibility index (Phi) is 16.4. The summed E-state index contributed by atoms with van der Waals surface area (Å²) >= 11 is 0. The van der Waals surface area contributed by atoms with Gasteiger partial charge in [-0.15, -0.1) is 0 Å². The van der Waals surface area contributed by atoms with Gasteiger partial charge in [0.05, 0.1) is 0 Å². The molecule has 0 fully saturated rings. The molecule has 0 bridgehead atoms. The summed E-state index contributed by atoms with van der Waals surface area (Å²) in [6.45, 7) is 6.63. The van der Waals surface area contributed by atoms with E-state index in [9.17, 15) is 4.79 Å². The molecule has 132 valence electrons. The number of nitrogens with one attached hydrogen (secondary N) is 1. The Hall–Kier alpha value is -0.530. The minimum absolute atomic E-state index is 0.255. The SMILES string of the molecule is CCCCCCCCCCCC(=O)NC(C)CCCCCC. The van der Waals surface area contributed by atoms with Crippen molar-refractivity contribution in [2.24, 2.45) is 0 Å². The number of carbonyl (C=O) groups is 1. The molecule has 1 N–H and O–H groups in total. The molecule has 0 spiro atoms. The van der Waals surface area contributed by atoms with Crippen molar-refractivity contribution < 1.29 is 4.79 Å². The molecule has 22 heavy (non-hydrogen) atoms. The van der Waals surface area contributed by atoms with Crippen LogP contribution in [0.5, 0.6) is 0 Å². The van der Waals surface area contributed by atoms with E-state index in [-0.39, 0.29) is 5.91 Å².